The zero-order valence-corrected chi connectivity index (χ0v) is 14.2. The van der Waals surface area contributed by atoms with Crippen LogP contribution in [0.3, 0.4) is 0 Å². The van der Waals surface area contributed by atoms with Gasteiger partial charge in [-0.1, -0.05) is 57.8 Å². The molecule has 0 fully saturated rings. The van der Waals surface area contributed by atoms with Gasteiger partial charge in [-0.25, -0.2) is 9.97 Å². The van der Waals surface area contributed by atoms with Crippen LogP contribution >= 0.6 is 31.9 Å². The third-order valence-corrected chi connectivity index (χ3v) is 4.05. The van der Waals surface area contributed by atoms with E-state index >= 15 is 0 Å². The maximum absolute atomic E-state index is 4.71. The van der Waals surface area contributed by atoms with E-state index < -0.39 is 0 Å². The van der Waals surface area contributed by atoms with Crippen molar-refractivity contribution in [1.29, 1.82) is 0 Å². The van der Waals surface area contributed by atoms with Gasteiger partial charge in [0.1, 0.15) is 5.82 Å². The summed E-state index contributed by atoms with van der Waals surface area (Å²) in [4.78, 5) is 9.17. The Kier molecular flexibility index (Phi) is 5.11. The average molecular weight is 384 g/mol. The molecule has 0 aliphatic carbocycles. The first-order chi connectivity index (χ1) is 9.10. The van der Waals surface area contributed by atoms with E-state index in [0.717, 1.165) is 27.7 Å². The van der Waals surface area contributed by atoms with Gasteiger partial charge < -0.3 is 0 Å². The van der Waals surface area contributed by atoms with Crippen LogP contribution in [-0.2, 0) is 11.8 Å². The molecule has 0 aliphatic heterocycles. The first kappa shape index (κ1) is 14.7. The van der Waals surface area contributed by atoms with Crippen molar-refractivity contribution < 1.29 is 0 Å². The maximum atomic E-state index is 4.71. The molecule has 0 unspecified atom stereocenters. The number of halogens is 2. The minimum absolute atomic E-state index is 0.416. The summed E-state index contributed by atoms with van der Waals surface area (Å²) in [7, 11) is 0. The third kappa shape index (κ3) is 3.86. The van der Waals surface area contributed by atoms with Crippen molar-refractivity contribution in [3.63, 3.8) is 0 Å². The Morgan fingerprint density at radius 3 is 2.42 bits per heavy atom. The smallest absolute Gasteiger partial charge is 0.132 e. The van der Waals surface area contributed by atoms with Crippen LogP contribution in [-0.4, -0.2) is 9.97 Å². The Morgan fingerprint density at radius 2 is 1.84 bits per heavy atom. The average Bonchev–Trinajstić information content (AvgIpc) is 2.41. The van der Waals surface area contributed by atoms with Gasteiger partial charge in [-0.3, -0.25) is 0 Å². The molecule has 4 heteroatoms. The third-order valence-electron chi connectivity index (χ3n) is 2.91. The van der Waals surface area contributed by atoms with E-state index in [1.165, 1.54) is 11.1 Å². The molecule has 0 aliphatic rings. The van der Waals surface area contributed by atoms with Crippen LogP contribution in [0.15, 0.2) is 34.9 Å². The monoisotopic (exact) mass is 382 g/mol. The molecule has 2 rings (SSSR count). The molecule has 2 aromatic rings. The lowest BCUT2D eigenvalue weighted by molar-refractivity contribution is 0.777. The molecule has 0 N–H and O–H groups in total. The molecule has 0 bridgehead atoms. The van der Waals surface area contributed by atoms with Gasteiger partial charge >= 0.3 is 0 Å². The molecular formula is C15H16Br2N2. The van der Waals surface area contributed by atoms with Gasteiger partial charge in [0.2, 0.25) is 0 Å². The Hall–Kier alpha value is -0.740. The van der Waals surface area contributed by atoms with Crippen LogP contribution in [0.4, 0.5) is 0 Å². The Morgan fingerprint density at radius 1 is 1.16 bits per heavy atom. The fraction of sp³-hybridized carbons (Fsp3) is 0.333. The lowest BCUT2D eigenvalue weighted by Crippen LogP contribution is -2.05. The number of aromatic nitrogens is 2. The van der Waals surface area contributed by atoms with Crippen molar-refractivity contribution in [2.45, 2.75) is 31.5 Å². The molecule has 0 saturated heterocycles. The van der Waals surface area contributed by atoms with Crippen LogP contribution in [0, 0.1) is 0 Å². The zero-order chi connectivity index (χ0) is 13.8. The molecule has 0 radical (unpaired) electrons. The van der Waals surface area contributed by atoms with E-state index in [1.54, 1.807) is 0 Å². The predicted octanol–water partition coefficient (Wildman–Crippen LogP) is 4.85. The van der Waals surface area contributed by atoms with Crippen LogP contribution in [0.2, 0.25) is 0 Å². The summed E-state index contributed by atoms with van der Waals surface area (Å²) >= 11 is 6.93. The van der Waals surface area contributed by atoms with Crippen LogP contribution in [0.1, 0.15) is 42.4 Å². The molecule has 100 valence electrons. The normalized spacial score (nSPS) is 11.0. The minimum atomic E-state index is 0.416. The molecule has 0 amide bonds. The zero-order valence-electron chi connectivity index (χ0n) is 11.0. The summed E-state index contributed by atoms with van der Waals surface area (Å²) in [6, 6.07) is 8.29. The predicted molar refractivity (Wildman–Crippen MR) is 85.7 cm³/mol. The molecule has 19 heavy (non-hydrogen) atoms. The van der Waals surface area contributed by atoms with E-state index in [-0.39, 0.29) is 0 Å². The van der Waals surface area contributed by atoms with Crippen molar-refractivity contribution in [2.24, 2.45) is 0 Å². The molecule has 0 atom stereocenters. The molecule has 0 spiro atoms. The van der Waals surface area contributed by atoms with Gasteiger partial charge in [-0.2, -0.15) is 0 Å². The van der Waals surface area contributed by atoms with Crippen LogP contribution < -0.4 is 0 Å². The van der Waals surface area contributed by atoms with Gasteiger partial charge in [0.05, 0.1) is 5.69 Å². The fourth-order valence-electron chi connectivity index (χ4n) is 1.93. The minimum Gasteiger partial charge on any atom is -0.241 e. The maximum Gasteiger partial charge on any atom is 0.132 e. The summed E-state index contributed by atoms with van der Waals surface area (Å²) in [5, 5.41) is 0.805. The highest BCUT2D eigenvalue weighted by atomic mass is 79.9. The Bertz CT molecular complexity index is 551. The van der Waals surface area contributed by atoms with Crippen LogP contribution in [0.25, 0.3) is 0 Å². The second-order valence-electron chi connectivity index (χ2n) is 4.79. The molecular weight excluding hydrogens is 368 g/mol. The molecule has 1 aromatic heterocycles. The topological polar surface area (TPSA) is 25.8 Å². The first-order valence-corrected chi connectivity index (χ1v) is 8.16. The summed E-state index contributed by atoms with van der Waals surface area (Å²) in [6.45, 7) is 4.33. The van der Waals surface area contributed by atoms with Crippen molar-refractivity contribution in [3.05, 3.63) is 57.6 Å². The van der Waals surface area contributed by atoms with Gasteiger partial charge in [0.25, 0.3) is 0 Å². The number of alkyl halides is 1. The van der Waals surface area contributed by atoms with Crippen molar-refractivity contribution >= 4 is 31.9 Å². The number of hydrogen-bond donors (Lipinski definition) is 0. The quantitative estimate of drug-likeness (QED) is 0.705. The highest BCUT2D eigenvalue weighted by Crippen LogP contribution is 2.20. The van der Waals surface area contributed by atoms with E-state index in [9.17, 15) is 0 Å². The Labute approximate surface area is 130 Å². The van der Waals surface area contributed by atoms with Crippen molar-refractivity contribution in [3.8, 4) is 0 Å². The first-order valence-electron chi connectivity index (χ1n) is 6.25. The van der Waals surface area contributed by atoms with E-state index in [1.807, 2.05) is 18.3 Å². The van der Waals surface area contributed by atoms with Gasteiger partial charge in [-0.05, 0) is 23.6 Å². The Balaban J connectivity index is 2.25. The highest BCUT2D eigenvalue weighted by Gasteiger charge is 2.10. The largest absolute Gasteiger partial charge is 0.241 e. The van der Waals surface area contributed by atoms with Crippen molar-refractivity contribution in [1.82, 2.24) is 9.97 Å². The molecule has 2 nitrogen and oxygen atoms in total. The number of benzene rings is 1. The summed E-state index contributed by atoms with van der Waals surface area (Å²) in [5.74, 6) is 1.30. The van der Waals surface area contributed by atoms with Gasteiger partial charge in [0, 0.05) is 28.0 Å². The fourth-order valence-corrected chi connectivity index (χ4v) is 2.63. The lowest BCUT2D eigenvalue weighted by Gasteiger charge is -2.11. The summed E-state index contributed by atoms with van der Waals surface area (Å²) in [6.07, 6.45) is 2.71. The van der Waals surface area contributed by atoms with Gasteiger partial charge in [-0.15, -0.1) is 0 Å². The van der Waals surface area contributed by atoms with E-state index in [0.29, 0.717) is 5.92 Å². The van der Waals surface area contributed by atoms with Gasteiger partial charge in [0.15, 0.2) is 0 Å². The molecule has 1 heterocycles. The highest BCUT2D eigenvalue weighted by molar-refractivity contribution is 9.10. The summed E-state index contributed by atoms with van der Waals surface area (Å²) in [5.41, 5.74) is 3.54. The second kappa shape index (κ2) is 6.62. The number of nitrogens with zero attached hydrogens (tertiary/aromatic N) is 2. The van der Waals surface area contributed by atoms with Crippen LogP contribution in [0.5, 0.6) is 0 Å². The van der Waals surface area contributed by atoms with E-state index in [4.69, 9.17) is 4.98 Å². The van der Waals surface area contributed by atoms with Crippen molar-refractivity contribution in [2.75, 3.05) is 0 Å². The number of rotatable bonds is 4. The van der Waals surface area contributed by atoms with E-state index in [2.05, 4.69) is 62.8 Å². The molecule has 0 saturated carbocycles. The summed E-state index contributed by atoms with van der Waals surface area (Å²) < 4.78 is 1.09. The molecule has 1 aromatic carbocycles. The number of hydrogen-bond acceptors (Lipinski definition) is 2. The second-order valence-corrected chi connectivity index (χ2v) is 6.26. The standard InChI is InChI=1S/C15H16Br2N2/c1-10(2)15-12(8-16)9-18-14(19-15)7-11-3-5-13(17)6-4-11/h3-6,9-10H,7-8H2,1-2H3. The SMILES string of the molecule is CC(C)c1nc(Cc2ccc(Br)cc2)ncc1CBr. The lowest BCUT2D eigenvalue weighted by atomic mass is 10.1.